The SMILES string of the molecule is CC1(C)c2ccccc2-c2cc(N(c3ccc(-c4ccc(N(c5cccc6ccccc56)c5cccc6c5oc5ccccc56)cc4)cc3)c3cccc4ccccc34)ccc21. The molecule has 0 aliphatic heterocycles. The van der Waals surface area contributed by atoms with Crippen molar-refractivity contribution in [3.8, 4) is 22.3 Å². The predicted octanol–water partition coefficient (Wildman–Crippen LogP) is 16.8. The molecule has 0 radical (unpaired) electrons. The predicted molar refractivity (Wildman–Crippen MR) is 261 cm³/mol. The van der Waals surface area contributed by atoms with Gasteiger partial charge in [-0.05, 0) is 105 Å². The van der Waals surface area contributed by atoms with Gasteiger partial charge in [-0.3, -0.25) is 0 Å². The van der Waals surface area contributed by atoms with Crippen molar-refractivity contribution in [1.29, 1.82) is 0 Å². The fraction of sp³-hybridized carbons (Fsp3) is 0.0508. The molecule has 3 nitrogen and oxygen atoms in total. The van der Waals surface area contributed by atoms with Crippen molar-refractivity contribution in [1.82, 2.24) is 0 Å². The van der Waals surface area contributed by atoms with Gasteiger partial charge < -0.3 is 14.2 Å². The van der Waals surface area contributed by atoms with Gasteiger partial charge in [0.1, 0.15) is 5.58 Å². The zero-order chi connectivity index (χ0) is 41.4. The van der Waals surface area contributed by atoms with E-state index in [9.17, 15) is 0 Å². The van der Waals surface area contributed by atoms with Crippen LogP contribution in [0, 0.1) is 0 Å². The van der Waals surface area contributed by atoms with Crippen molar-refractivity contribution in [2.45, 2.75) is 19.3 Å². The van der Waals surface area contributed by atoms with Gasteiger partial charge in [-0.25, -0.2) is 0 Å². The van der Waals surface area contributed by atoms with E-state index in [-0.39, 0.29) is 5.41 Å². The van der Waals surface area contributed by atoms with Crippen molar-refractivity contribution < 1.29 is 4.42 Å². The van der Waals surface area contributed by atoms with Crippen LogP contribution < -0.4 is 9.80 Å². The van der Waals surface area contributed by atoms with Crippen LogP contribution in [0.15, 0.2) is 223 Å². The fourth-order valence-electron chi connectivity index (χ4n) is 10.0. The number of hydrogen-bond acceptors (Lipinski definition) is 3. The molecule has 0 atom stereocenters. The number of para-hydroxylation sites is 2. The number of rotatable bonds is 7. The van der Waals surface area contributed by atoms with Crippen LogP contribution in [0.2, 0.25) is 0 Å². The van der Waals surface area contributed by atoms with E-state index in [2.05, 4.69) is 230 Å². The lowest BCUT2D eigenvalue weighted by molar-refractivity contribution is 0.660. The minimum absolute atomic E-state index is 0.0569. The molecule has 1 aromatic heterocycles. The summed E-state index contributed by atoms with van der Waals surface area (Å²) in [4.78, 5) is 4.77. The summed E-state index contributed by atoms with van der Waals surface area (Å²) in [5.41, 5.74) is 15.9. The maximum absolute atomic E-state index is 6.63. The van der Waals surface area contributed by atoms with E-state index >= 15 is 0 Å². The van der Waals surface area contributed by atoms with Crippen molar-refractivity contribution in [3.05, 3.63) is 230 Å². The highest BCUT2D eigenvalue weighted by Crippen LogP contribution is 2.51. The Morgan fingerprint density at radius 3 is 1.53 bits per heavy atom. The van der Waals surface area contributed by atoms with E-state index < -0.39 is 0 Å². The molecule has 1 heterocycles. The first-order valence-electron chi connectivity index (χ1n) is 21.4. The van der Waals surface area contributed by atoms with Crippen LogP contribution in [-0.4, -0.2) is 0 Å². The van der Waals surface area contributed by atoms with Crippen LogP contribution in [0.1, 0.15) is 25.0 Å². The molecule has 0 bridgehead atoms. The summed E-state index contributed by atoms with van der Waals surface area (Å²) in [6, 6.07) is 79.1. The average molecular weight is 795 g/mol. The highest BCUT2D eigenvalue weighted by atomic mass is 16.3. The number of fused-ring (bicyclic) bond motifs is 8. The summed E-state index contributed by atoms with van der Waals surface area (Å²) < 4.78 is 6.63. The Hall–Kier alpha value is -7.88. The Bertz CT molecular complexity index is 3490. The second-order valence-corrected chi connectivity index (χ2v) is 16.9. The summed E-state index contributed by atoms with van der Waals surface area (Å²) in [6.45, 7) is 4.68. The smallest absolute Gasteiger partial charge is 0.159 e. The largest absolute Gasteiger partial charge is 0.454 e. The number of anilines is 6. The molecule has 10 aromatic carbocycles. The first kappa shape index (κ1) is 36.0. The molecular formula is C59H42N2O. The molecule has 0 saturated heterocycles. The lowest BCUT2D eigenvalue weighted by atomic mass is 9.82. The molecule has 0 fully saturated rings. The van der Waals surface area contributed by atoms with Gasteiger partial charge in [0.25, 0.3) is 0 Å². The van der Waals surface area contributed by atoms with Gasteiger partial charge in [0.2, 0.25) is 0 Å². The van der Waals surface area contributed by atoms with Gasteiger partial charge >= 0.3 is 0 Å². The molecule has 62 heavy (non-hydrogen) atoms. The molecule has 0 unspecified atom stereocenters. The highest BCUT2D eigenvalue weighted by molar-refractivity contribution is 6.11. The van der Waals surface area contributed by atoms with Crippen LogP contribution in [0.25, 0.3) is 65.7 Å². The van der Waals surface area contributed by atoms with Gasteiger partial charge in [-0.1, -0.05) is 172 Å². The first-order chi connectivity index (χ1) is 30.5. The number of benzene rings is 10. The molecule has 11 aromatic rings. The van der Waals surface area contributed by atoms with Gasteiger partial charge in [0.05, 0.1) is 17.1 Å². The van der Waals surface area contributed by atoms with Crippen LogP contribution in [-0.2, 0) is 5.41 Å². The molecule has 0 amide bonds. The van der Waals surface area contributed by atoms with E-state index in [1.807, 2.05) is 12.1 Å². The third-order valence-electron chi connectivity index (χ3n) is 13.0. The lowest BCUT2D eigenvalue weighted by Crippen LogP contribution is -2.15. The molecule has 0 N–H and O–H groups in total. The van der Waals surface area contributed by atoms with Crippen molar-refractivity contribution in [2.24, 2.45) is 0 Å². The van der Waals surface area contributed by atoms with Crippen molar-refractivity contribution >= 4 is 77.6 Å². The number of nitrogens with zero attached hydrogens (tertiary/aromatic N) is 2. The minimum atomic E-state index is -0.0569. The van der Waals surface area contributed by atoms with Crippen LogP contribution in [0.3, 0.4) is 0 Å². The average Bonchev–Trinajstić information content (AvgIpc) is 3.82. The van der Waals surface area contributed by atoms with E-state index in [0.29, 0.717) is 0 Å². The number of hydrogen-bond donors (Lipinski definition) is 0. The van der Waals surface area contributed by atoms with Crippen molar-refractivity contribution in [2.75, 3.05) is 9.80 Å². The Morgan fingerprint density at radius 1 is 0.355 bits per heavy atom. The summed E-state index contributed by atoms with van der Waals surface area (Å²) in [5, 5.41) is 7.01. The second kappa shape index (κ2) is 14.1. The van der Waals surface area contributed by atoms with Gasteiger partial charge in [0, 0.05) is 44.0 Å². The van der Waals surface area contributed by atoms with E-state index in [0.717, 1.165) is 67.2 Å². The summed E-state index contributed by atoms with van der Waals surface area (Å²) in [5.74, 6) is 0. The Labute approximate surface area is 361 Å². The lowest BCUT2D eigenvalue weighted by Gasteiger charge is -2.28. The maximum Gasteiger partial charge on any atom is 0.159 e. The first-order valence-corrected chi connectivity index (χ1v) is 21.4. The Balaban J connectivity index is 0.955. The molecule has 3 heteroatoms. The molecular weight excluding hydrogens is 753 g/mol. The zero-order valence-electron chi connectivity index (χ0n) is 34.6. The highest BCUT2D eigenvalue weighted by Gasteiger charge is 2.35. The van der Waals surface area contributed by atoms with E-state index in [1.165, 1.54) is 43.8 Å². The summed E-state index contributed by atoms with van der Waals surface area (Å²) in [7, 11) is 0. The van der Waals surface area contributed by atoms with Crippen LogP contribution in [0.5, 0.6) is 0 Å². The fourth-order valence-corrected chi connectivity index (χ4v) is 10.0. The summed E-state index contributed by atoms with van der Waals surface area (Å²) in [6.07, 6.45) is 0. The molecule has 0 spiro atoms. The normalized spacial score (nSPS) is 12.8. The van der Waals surface area contributed by atoms with Gasteiger partial charge in [-0.2, -0.15) is 0 Å². The van der Waals surface area contributed by atoms with E-state index in [1.54, 1.807) is 0 Å². The minimum Gasteiger partial charge on any atom is -0.454 e. The standard InChI is InChI=1S/C59H42N2O/c1-59(2)52-23-9-7-20-48(52)51-38-45(36-37-53(51)59)60(54-24-11-16-41-14-3-5-18-46(41)54)43-32-28-39(29-33-43)40-30-34-44(35-31-40)61(55-25-12-17-42-15-4-6-19-47(42)55)56-26-13-22-50-49-21-8-10-27-57(49)62-58(50)56/h3-38H,1-2H3. The third-order valence-corrected chi connectivity index (χ3v) is 13.0. The quantitative estimate of drug-likeness (QED) is 0.160. The molecule has 294 valence electrons. The Morgan fingerprint density at radius 2 is 0.839 bits per heavy atom. The summed E-state index contributed by atoms with van der Waals surface area (Å²) >= 11 is 0. The second-order valence-electron chi connectivity index (χ2n) is 16.9. The van der Waals surface area contributed by atoms with Crippen LogP contribution >= 0.6 is 0 Å². The van der Waals surface area contributed by atoms with Gasteiger partial charge in [0.15, 0.2) is 5.58 Å². The van der Waals surface area contributed by atoms with Gasteiger partial charge in [-0.15, -0.1) is 0 Å². The zero-order valence-corrected chi connectivity index (χ0v) is 34.6. The third kappa shape index (κ3) is 5.66. The topological polar surface area (TPSA) is 19.6 Å². The molecule has 12 rings (SSSR count). The van der Waals surface area contributed by atoms with Crippen molar-refractivity contribution in [3.63, 3.8) is 0 Å². The molecule has 0 saturated carbocycles. The number of furan rings is 1. The Kier molecular flexibility index (Phi) is 8.20. The maximum atomic E-state index is 6.63. The van der Waals surface area contributed by atoms with Crippen LogP contribution in [0.4, 0.5) is 34.1 Å². The monoisotopic (exact) mass is 794 g/mol. The molecule has 1 aliphatic rings. The molecule has 1 aliphatic carbocycles. The van der Waals surface area contributed by atoms with E-state index in [4.69, 9.17) is 4.42 Å².